The van der Waals surface area contributed by atoms with E-state index in [4.69, 9.17) is 33.4 Å². The number of aromatic nitrogens is 2. The van der Waals surface area contributed by atoms with Crippen molar-refractivity contribution >= 4 is 40.0 Å². The van der Waals surface area contributed by atoms with Crippen molar-refractivity contribution in [2.24, 2.45) is 5.92 Å². The molecule has 0 aliphatic carbocycles. The summed E-state index contributed by atoms with van der Waals surface area (Å²) in [7, 11) is 0. The number of hydrogen-bond acceptors (Lipinski definition) is 4. The average Bonchev–Trinajstić information content (AvgIpc) is 3.32. The second kappa shape index (κ2) is 12.2. The molecule has 3 aromatic carbocycles. The Bertz CT molecular complexity index is 1500. The molecule has 212 valence electrons. The van der Waals surface area contributed by atoms with Crippen molar-refractivity contribution in [1.82, 2.24) is 15.1 Å². The summed E-state index contributed by atoms with van der Waals surface area (Å²) in [5.41, 5.74) is 2.15. The van der Waals surface area contributed by atoms with E-state index in [1.54, 1.807) is 24.4 Å². The first-order valence-electron chi connectivity index (χ1n) is 12.6. The molecule has 0 bridgehead atoms. The van der Waals surface area contributed by atoms with Crippen LogP contribution in [0.25, 0.3) is 22.0 Å². The molecule has 0 radical (unpaired) electrons. The van der Waals surface area contributed by atoms with Gasteiger partial charge in [-0.25, -0.2) is 0 Å². The van der Waals surface area contributed by atoms with Gasteiger partial charge in [-0.15, -0.1) is 0 Å². The van der Waals surface area contributed by atoms with Gasteiger partial charge in [0.15, 0.2) is 6.29 Å². The normalized spacial score (nSPS) is 12.9. The Balaban J connectivity index is 1.67. The van der Waals surface area contributed by atoms with E-state index in [2.05, 4.69) is 24.3 Å². The lowest BCUT2D eigenvalue weighted by atomic mass is 9.95. The molecule has 1 amide bonds. The van der Waals surface area contributed by atoms with E-state index in [1.807, 2.05) is 22.9 Å². The molecular weight excluding hydrogens is 566 g/mol. The van der Waals surface area contributed by atoms with Crippen molar-refractivity contribution in [3.63, 3.8) is 0 Å². The summed E-state index contributed by atoms with van der Waals surface area (Å²) in [6, 6.07) is 13.7. The highest BCUT2D eigenvalue weighted by Gasteiger charge is 2.31. The maximum Gasteiger partial charge on any atom is 0.416 e. The van der Waals surface area contributed by atoms with Crippen LogP contribution in [0.5, 0.6) is 0 Å². The van der Waals surface area contributed by atoms with E-state index in [0.29, 0.717) is 33.0 Å². The van der Waals surface area contributed by atoms with Crippen LogP contribution in [0.3, 0.4) is 0 Å². The molecule has 0 aliphatic rings. The van der Waals surface area contributed by atoms with Crippen LogP contribution < -0.4 is 5.32 Å². The van der Waals surface area contributed by atoms with Gasteiger partial charge in [0.05, 0.1) is 28.3 Å². The summed E-state index contributed by atoms with van der Waals surface area (Å²) in [5, 5.41) is 26.1. The zero-order chi connectivity index (χ0) is 29.2. The number of alkyl halides is 3. The van der Waals surface area contributed by atoms with Gasteiger partial charge in [0.25, 0.3) is 5.91 Å². The van der Waals surface area contributed by atoms with Gasteiger partial charge in [-0.1, -0.05) is 61.3 Å². The van der Waals surface area contributed by atoms with E-state index in [1.165, 1.54) is 6.07 Å². The molecular formula is C29H28Cl2F3N3O3. The minimum Gasteiger partial charge on any atom is -0.368 e. The van der Waals surface area contributed by atoms with Crippen LogP contribution in [-0.4, -0.2) is 38.7 Å². The van der Waals surface area contributed by atoms with Gasteiger partial charge in [-0.05, 0) is 48.2 Å². The lowest BCUT2D eigenvalue weighted by molar-refractivity contribution is -0.137. The van der Waals surface area contributed by atoms with Crippen molar-refractivity contribution in [1.29, 1.82) is 0 Å². The molecule has 1 aromatic heterocycles. The summed E-state index contributed by atoms with van der Waals surface area (Å²) in [6.45, 7) is 4.31. The fourth-order valence-corrected chi connectivity index (χ4v) is 5.14. The van der Waals surface area contributed by atoms with Gasteiger partial charge in [0, 0.05) is 40.1 Å². The largest absolute Gasteiger partial charge is 0.416 e. The molecule has 1 heterocycles. The zero-order valence-electron chi connectivity index (χ0n) is 21.7. The Labute approximate surface area is 239 Å². The molecule has 4 rings (SSSR count). The lowest BCUT2D eigenvalue weighted by Crippen LogP contribution is -2.27. The zero-order valence-corrected chi connectivity index (χ0v) is 23.2. The first-order valence-corrected chi connectivity index (χ1v) is 13.4. The number of aliphatic hydroxyl groups is 2. The third-order valence-electron chi connectivity index (χ3n) is 6.54. The van der Waals surface area contributed by atoms with E-state index in [-0.39, 0.29) is 29.9 Å². The number of fused-ring (bicyclic) bond motifs is 1. The van der Waals surface area contributed by atoms with Gasteiger partial charge in [0.1, 0.15) is 0 Å². The molecule has 0 saturated heterocycles. The molecule has 6 nitrogen and oxygen atoms in total. The van der Waals surface area contributed by atoms with E-state index in [0.717, 1.165) is 29.6 Å². The summed E-state index contributed by atoms with van der Waals surface area (Å²) in [4.78, 5) is 12.4. The Kier molecular flexibility index (Phi) is 9.09. The van der Waals surface area contributed by atoms with E-state index >= 15 is 0 Å². The van der Waals surface area contributed by atoms with Crippen LogP contribution in [0.15, 0.2) is 60.8 Å². The van der Waals surface area contributed by atoms with Crippen molar-refractivity contribution in [3.05, 3.63) is 87.5 Å². The fourth-order valence-electron chi connectivity index (χ4n) is 4.55. The van der Waals surface area contributed by atoms with Gasteiger partial charge in [0.2, 0.25) is 0 Å². The number of carbonyl (C=O) groups excluding carboxylic acids is 1. The number of rotatable bonds is 9. The highest BCUT2D eigenvalue weighted by molar-refractivity contribution is 6.39. The Hall–Kier alpha value is -3.11. The molecule has 0 spiro atoms. The van der Waals surface area contributed by atoms with Crippen LogP contribution in [0, 0.1) is 5.92 Å². The molecule has 4 aromatic rings. The SMILES string of the molecule is CC(C)CC(c1ccc(C(=O)NCCC(O)O)cc1)n1ncc2c(Cl)c(-c3ccc(C(F)(F)F)cc3Cl)ccc21. The molecule has 40 heavy (non-hydrogen) atoms. The summed E-state index contributed by atoms with van der Waals surface area (Å²) in [6.07, 6.45) is -3.60. The maximum absolute atomic E-state index is 13.1. The van der Waals surface area contributed by atoms with Gasteiger partial charge in [-0.3, -0.25) is 9.48 Å². The standard InChI is InChI=1S/C29H28Cl2F3N3O3/c1-16(2)13-25(17-3-5-18(6-4-17)28(40)35-12-11-26(38)39)37-24-10-9-21(27(31)22(24)15-36-37)20-8-7-19(14-23(20)30)29(32,33)34/h3-10,14-16,25-26,38-39H,11-13H2,1-2H3,(H,35,40). The minimum absolute atomic E-state index is 0.0298. The number of benzene rings is 3. The topological polar surface area (TPSA) is 87.4 Å². The van der Waals surface area contributed by atoms with Crippen LogP contribution in [0.1, 0.15) is 54.2 Å². The second-order valence-electron chi connectivity index (χ2n) is 9.93. The average molecular weight is 594 g/mol. The highest BCUT2D eigenvalue weighted by Crippen LogP contribution is 2.41. The molecule has 11 heteroatoms. The molecule has 0 aliphatic heterocycles. The summed E-state index contributed by atoms with van der Waals surface area (Å²) in [5.74, 6) is -0.0174. The molecule has 0 saturated carbocycles. The van der Waals surface area contributed by atoms with Gasteiger partial charge in [-0.2, -0.15) is 18.3 Å². The lowest BCUT2D eigenvalue weighted by Gasteiger charge is -2.22. The van der Waals surface area contributed by atoms with Crippen LogP contribution in [0.4, 0.5) is 13.2 Å². The van der Waals surface area contributed by atoms with Crippen molar-refractivity contribution in [2.45, 2.75) is 45.2 Å². The minimum atomic E-state index is -4.51. The first kappa shape index (κ1) is 29.9. The van der Waals surface area contributed by atoms with Crippen LogP contribution in [-0.2, 0) is 6.18 Å². The van der Waals surface area contributed by atoms with Crippen LogP contribution >= 0.6 is 23.2 Å². The number of halogens is 5. The Morgan fingerprint density at radius 2 is 1.70 bits per heavy atom. The maximum atomic E-state index is 13.1. The molecule has 3 N–H and O–H groups in total. The van der Waals surface area contributed by atoms with Crippen molar-refractivity contribution < 1.29 is 28.2 Å². The van der Waals surface area contributed by atoms with E-state index < -0.39 is 18.0 Å². The number of amides is 1. The summed E-state index contributed by atoms with van der Waals surface area (Å²) < 4.78 is 41.2. The number of nitrogens with one attached hydrogen (secondary N) is 1. The highest BCUT2D eigenvalue weighted by atomic mass is 35.5. The van der Waals surface area contributed by atoms with Crippen molar-refractivity contribution in [3.8, 4) is 11.1 Å². The number of nitrogens with zero attached hydrogens (tertiary/aromatic N) is 2. The fraction of sp³-hybridized carbons (Fsp3) is 0.310. The number of carbonyl (C=O) groups is 1. The van der Waals surface area contributed by atoms with Gasteiger partial charge < -0.3 is 15.5 Å². The third-order valence-corrected chi connectivity index (χ3v) is 7.26. The predicted molar refractivity (Wildman–Crippen MR) is 149 cm³/mol. The second-order valence-corrected chi connectivity index (χ2v) is 10.7. The van der Waals surface area contributed by atoms with Crippen molar-refractivity contribution in [2.75, 3.05) is 6.54 Å². The quantitative estimate of drug-likeness (QED) is 0.181. The van der Waals surface area contributed by atoms with Crippen LogP contribution in [0.2, 0.25) is 10.0 Å². The monoisotopic (exact) mass is 593 g/mol. The molecule has 0 fully saturated rings. The molecule has 1 unspecified atom stereocenters. The Morgan fingerprint density at radius 1 is 1.02 bits per heavy atom. The summed E-state index contributed by atoms with van der Waals surface area (Å²) >= 11 is 13.0. The number of aliphatic hydroxyl groups excluding tert-OH is 1. The Morgan fingerprint density at radius 3 is 2.30 bits per heavy atom. The van der Waals surface area contributed by atoms with E-state index in [9.17, 15) is 18.0 Å². The first-order chi connectivity index (χ1) is 18.9. The smallest absolute Gasteiger partial charge is 0.368 e. The third kappa shape index (κ3) is 6.61. The molecule has 1 atom stereocenters. The van der Waals surface area contributed by atoms with Gasteiger partial charge >= 0.3 is 6.18 Å². The predicted octanol–water partition coefficient (Wildman–Crippen LogP) is 7.10. The number of hydrogen-bond donors (Lipinski definition) is 3.